The second-order valence-electron chi connectivity index (χ2n) is 4.92. The van der Waals surface area contributed by atoms with E-state index in [-0.39, 0.29) is 12.5 Å². The van der Waals surface area contributed by atoms with E-state index in [1.54, 1.807) is 20.8 Å². The summed E-state index contributed by atoms with van der Waals surface area (Å²) in [4.78, 5) is 11.2. The molecule has 2 atom stereocenters. The Kier molecular flexibility index (Phi) is 3.57. The van der Waals surface area contributed by atoms with Gasteiger partial charge in [-0.15, -0.1) is 0 Å². The van der Waals surface area contributed by atoms with E-state index in [1.807, 2.05) is 0 Å². The number of alkyl carbamates (subject to hydrolysis) is 1. The van der Waals surface area contributed by atoms with Gasteiger partial charge in [0.25, 0.3) is 0 Å². The third kappa shape index (κ3) is 3.68. The first-order valence-corrected chi connectivity index (χ1v) is 5.12. The summed E-state index contributed by atoms with van der Waals surface area (Å²) in [5, 5.41) is 21.1. The lowest BCUT2D eigenvalue weighted by molar-refractivity contribution is -0.0892. The number of hydrogen-bond donors (Lipinski definition) is 3. The molecule has 0 heterocycles. The molecule has 0 aromatic rings. The first-order chi connectivity index (χ1) is 6.79. The van der Waals surface area contributed by atoms with E-state index < -0.39 is 23.9 Å². The van der Waals surface area contributed by atoms with Crippen LogP contribution in [0.2, 0.25) is 0 Å². The molecule has 0 radical (unpaired) electrons. The monoisotopic (exact) mass is 217 g/mol. The van der Waals surface area contributed by atoms with Crippen LogP contribution in [0.5, 0.6) is 0 Å². The molecule has 15 heavy (non-hydrogen) atoms. The first-order valence-electron chi connectivity index (χ1n) is 5.12. The zero-order valence-corrected chi connectivity index (χ0v) is 9.36. The van der Waals surface area contributed by atoms with Crippen LogP contribution >= 0.6 is 0 Å². The Morgan fingerprint density at radius 1 is 1.40 bits per heavy atom. The number of hydrogen-bond acceptors (Lipinski definition) is 4. The van der Waals surface area contributed by atoms with Crippen molar-refractivity contribution in [2.75, 3.05) is 6.54 Å². The molecule has 88 valence electrons. The van der Waals surface area contributed by atoms with E-state index in [0.717, 1.165) is 0 Å². The van der Waals surface area contributed by atoms with Gasteiger partial charge in [0, 0.05) is 18.9 Å². The molecule has 5 nitrogen and oxygen atoms in total. The Labute approximate surface area is 89.4 Å². The van der Waals surface area contributed by atoms with Gasteiger partial charge in [-0.2, -0.15) is 0 Å². The molecule has 0 aliphatic heterocycles. The van der Waals surface area contributed by atoms with Crippen molar-refractivity contribution in [3.05, 3.63) is 0 Å². The minimum atomic E-state index is -0.527. The second kappa shape index (κ2) is 4.37. The third-order valence-electron chi connectivity index (χ3n) is 2.35. The summed E-state index contributed by atoms with van der Waals surface area (Å²) >= 11 is 0. The summed E-state index contributed by atoms with van der Waals surface area (Å²) in [7, 11) is 0. The maximum Gasteiger partial charge on any atom is 0.407 e. The molecule has 1 fully saturated rings. The number of carbonyl (C=O) groups is 1. The van der Waals surface area contributed by atoms with E-state index in [9.17, 15) is 15.0 Å². The molecule has 0 spiro atoms. The first kappa shape index (κ1) is 12.3. The van der Waals surface area contributed by atoms with E-state index in [2.05, 4.69) is 5.32 Å². The number of aliphatic hydroxyl groups is 2. The van der Waals surface area contributed by atoms with Crippen LogP contribution in [-0.2, 0) is 4.74 Å². The van der Waals surface area contributed by atoms with Crippen LogP contribution < -0.4 is 5.32 Å². The lowest BCUT2D eigenvalue weighted by Crippen LogP contribution is -2.51. The van der Waals surface area contributed by atoms with Gasteiger partial charge < -0.3 is 20.3 Å². The van der Waals surface area contributed by atoms with Crippen LogP contribution in [-0.4, -0.2) is 40.7 Å². The average Bonchev–Trinajstić information content (AvgIpc) is 2.00. The van der Waals surface area contributed by atoms with Crippen molar-refractivity contribution in [2.45, 2.75) is 45.0 Å². The number of aliphatic hydroxyl groups excluding tert-OH is 2. The fourth-order valence-electron chi connectivity index (χ4n) is 1.45. The van der Waals surface area contributed by atoms with E-state index in [1.165, 1.54) is 0 Å². The largest absolute Gasteiger partial charge is 0.444 e. The summed E-state index contributed by atoms with van der Waals surface area (Å²) in [5.74, 6) is -0.266. The normalized spacial score (nSPS) is 27.0. The van der Waals surface area contributed by atoms with Gasteiger partial charge in [-0.1, -0.05) is 0 Å². The third-order valence-corrected chi connectivity index (χ3v) is 2.35. The molecule has 1 aliphatic carbocycles. The van der Waals surface area contributed by atoms with Crippen molar-refractivity contribution >= 4 is 6.09 Å². The number of ether oxygens (including phenoxy) is 1. The molecule has 3 N–H and O–H groups in total. The number of nitrogens with one attached hydrogen (secondary N) is 1. The van der Waals surface area contributed by atoms with Gasteiger partial charge >= 0.3 is 6.09 Å². The van der Waals surface area contributed by atoms with Crippen molar-refractivity contribution in [1.29, 1.82) is 0 Å². The molecule has 0 unspecified atom stereocenters. The quantitative estimate of drug-likeness (QED) is 0.619. The summed E-state index contributed by atoms with van der Waals surface area (Å²) in [6, 6.07) is 0. The highest BCUT2D eigenvalue weighted by Gasteiger charge is 2.38. The number of amides is 1. The molecule has 1 amide bonds. The average molecular weight is 217 g/mol. The van der Waals surface area contributed by atoms with Gasteiger partial charge in [-0.3, -0.25) is 0 Å². The van der Waals surface area contributed by atoms with Gasteiger partial charge in [-0.25, -0.2) is 4.79 Å². The minimum absolute atomic E-state index is 0.247. The summed E-state index contributed by atoms with van der Waals surface area (Å²) in [6.45, 7) is 5.58. The van der Waals surface area contributed by atoms with Crippen LogP contribution in [0.3, 0.4) is 0 Å². The smallest absolute Gasteiger partial charge is 0.407 e. The van der Waals surface area contributed by atoms with Crippen LogP contribution in [0.15, 0.2) is 0 Å². The summed E-state index contributed by atoms with van der Waals surface area (Å²) in [5.41, 5.74) is -0.527. The Morgan fingerprint density at radius 3 is 2.33 bits per heavy atom. The molecule has 0 bridgehead atoms. The zero-order valence-electron chi connectivity index (χ0n) is 9.36. The molecule has 0 saturated heterocycles. The van der Waals surface area contributed by atoms with Gasteiger partial charge in [-0.05, 0) is 20.8 Å². The number of rotatable bonds is 2. The maximum absolute atomic E-state index is 11.2. The predicted molar refractivity (Wildman–Crippen MR) is 54.4 cm³/mol. The zero-order chi connectivity index (χ0) is 11.6. The molecule has 0 aromatic heterocycles. The lowest BCUT2D eigenvalue weighted by atomic mass is 9.79. The molecular formula is C10H19NO4. The Bertz CT molecular complexity index is 228. The minimum Gasteiger partial charge on any atom is -0.444 e. The van der Waals surface area contributed by atoms with E-state index >= 15 is 0 Å². The van der Waals surface area contributed by atoms with Gasteiger partial charge in [0.05, 0.1) is 12.2 Å². The fourth-order valence-corrected chi connectivity index (χ4v) is 1.45. The highest BCUT2D eigenvalue weighted by atomic mass is 16.6. The molecule has 1 saturated carbocycles. The highest BCUT2D eigenvalue weighted by Crippen LogP contribution is 2.27. The van der Waals surface area contributed by atoms with E-state index in [0.29, 0.717) is 6.42 Å². The summed E-state index contributed by atoms with van der Waals surface area (Å²) < 4.78 is 5.01. The second-order valence-corrected chi connectivity index (χ2v) is 4.92. The van der Waals surface area contributed by atoms with Crippen LogP contribution in [0.4, 0.5) is 4.79 Å². The SMILES string of the molecule is CC(C)(C)OC(=O)NCC1[C@H](O)C[C@H]1O. The molecule has 5 heteroatoms. The fraction of sp³-hybridized carbons (Fsp3) is 0.900. The lowest BCUT2D eigenvalue weighted by Gasteiger charge is -2.38. The molecule has 1 aliphatic rings. The van der Waals surface area contributed by atoms with Crippen LogP contribution in [0, 0.1) is 5.92 Å². The van der Waals surface area contributed by atoms with E-state index in [4.69, 9.17) is 4.74 Å². The van der Waals surface area contributed by atoms with Crippen molar-refractivity contribution in [1.82, 2.24) is 5.32 Å². The number of carbonyl (C=O) groups excluding carboxylic acids is 1. The Morgan fingerprint density at radius 2 is 1.93 bits per heavy atom. The van der Waals surface area contributed by atoms with Crippen LogP contribution in [0.25, 0.3) is 0 Å². The topological polar surface area (TPSA) is 78.8 Å². The van der Waals surface area contributed by atoms with Gasteiger partial charge in [0.15, 0.2) is 0 Å². The molecule has 1 rings (SSSR count). The van der Waals surface area contributed by atoms with Crippen molar-refractivity contribution < 1.29 is 19.7 Å². The molecular weight excluding hydrogens is 198 g/mol. The molecule has 0 aromatic carbocycles. The van der Waals surface area contributed by atoms with Crippen LogP contribution in [0.1, 0.15) is 27.2 Å². The Balaban J connectivity index is 2.23. The van der Waals surface area contributed by atoms with Crippen molar-refractivity contribution in [2.24, 2.45) is 5.92 Å². The highest BCUT2D eigenvalue weighted by molar-refractivity contribution is 5.67. The van der Waals surface area contributed by atoms with Gasteiger partial charge in [0.1, 0.15) is 5.60 Å². The van der Waals surface area contributed by atoms with Gasteiger partial charge in [0.2, 0.25) is 0 Å². The van der Waals surface area contributed by atoms with Crippen molar-refractivity contribution in [3.63, 3.8) is 0 Å². The van der Waals surface area contributed by atoms with Crippen molar-refractivity contribution in [3.8, 4) is 0 Å². The maximum atomic E-state index is 11.2. The summed E-state index contributed by atoms with van der Waals surface area (Å²) in [6.07, 6.45) is -1.17. The predicted octanol–water partition coefficient (Wildman–Crippen LogP) is 0.253. The standard InChI is InChI=1S/C10H19NO4/c1-10(2,3)15-9(14)11-5-6-7(12)4-8(6)13/h6-8,12-13H,4-5H2,1-3H3,(H,11,14)/t7-,8-/m1/s1. The Hall–Kier alpha value is -0.810.